The van der Waals surface area contributed by atoms with E-state index in [-0.39, 0.29) is 5.91 Å². The fourth-order valence-corrected chi connectivity index (χ4v) is 3.08. The van der Waals surface area contributed by atoms with Crippen molar-refractivity contribution < 1.29 is 9.53 Å². The van der Waals surface area contributed by atoms with Gasteiger partial charge in [-0.05, 0) is 48.0 Å². The van der Waals surface area contributed by atoms with Crippen LogP contribution in [0.25, 0.3) is 11.3 Å². The molecule has 0 aliphatic heterocycles. The number of aromatic amines is 1. The number of carbonyl (C=O) groups is 1. The SMILES string of the molecule is COc1ccc(-c2cc(C(=O)Nc3ccn(Cc4cccc(Cl)c4)n3)[nH]n2)cc1. The van der Waals surface area contributed by atoms with Gasteiger partial charge in [0, 0.05) is 22.8 Å². The average molecular weight is 408 g/mol. The van der Waals surface area contributed by atoms with Crippen LogP contribution in [0.4, 0.5) is 5.82 Å². The van der Waals surface area contributed by atoms with Crippen LogP contribution in [-0.2, 0) is 6.54 Å². The van der Waals surface area contributed by atoms with Gasteiger partial charge in [-0.1, -0.05) is 23.7 Å². The van der Waals surface area contributed by atoms with E-state index in [0.717, 1.165) is 16.9 Å². The van der Waals surface area contributed by atoms with E-state index < -0.39 is 0 Å². The maximum atomic E-state index is 12.5. The molecule has 1 amide bonds. The Kier molecular flexibility index (Phi) is 5.31. The molecular formula is C21H18ClN5O2. The number of methoxy groups -OCH3 is 1. The molecular weight excluding hydrogens is 390 g/mol. The van der Waals surface area contributed by atoms with Gasteiger partial charge < -0.3 is 10.1 Å². The van der Waals surface area contributed by atoms with Crippen molar-refractivity contribution in [1.29, 1.82) is 0 Å². The monoisotopic (exact) mass is 407 g/mol. The van der Waals surface area contributed by atoms with E-state index >= 15 is 0 Å². The number of anilines is 1. The summed E-state index contributed by atoms with van der Waals surface area (Å²) in [5.41, 5.74) is 2.92. The molecule has 0 saturated heterocycles. The van der Waals surface area contributed by atoms with Gasteiger partial charge in [0.2, 0.25) is 0 Å². The number of benzene rings is 2. The molecule has 7 nitrogen and oxygen atoms in total. The Morgan fingerprint density at radius 3 is 2.76 bits per heavy atom. The number of nitrogens with one attached hydrogen (secondary N) is 2. The number of ether oxygens (including phenoxy) is 1. The first-order valence-corrected chi connectivity index (χ1v) is 9.27. The summed E-state index contributed by atoms with van der Waals surface area (Å²) in [6.07, 6.45) is 1.80. The zero-order valence-electron chi connectivity index (χ0n) is 15.6. The molecule has 0 saturated carbocycles. The third-order valence-electron chi connectivity index (χ3n) is 4.32. The van der Waals surface area contributed by atoms with Crippen LogP contribution < -0.4 is 10.1 Å². The highest BCUT2D eigenvalue weighted by atomic mass is 35.5. The first-order chi connectivity index (χ1) is 14.1. The van der Waals surface area contributed by atoms with Crippen LogP contribution in [0.2, 0.25) is 5.02 Å². The first-order valence-electron chi connectivity index (χ1n) is 8.90. The van der Waals surface area contributed by atoms with Crippen molar-refractivity contribution in [3.8, 4) is 17.0 Å². The Morgan fingerprint density at radius 2 is 2.00 bits per heavy atom. The first kappa shape index (κ1) is 18.8. The second-order valence-corrected chi connectivity index (χ2v) is 6.81. The van der Waals surface area contributed by atoms with Crippen LogP contribution in [0.5, 0.6) is 5.75 Å². The summed E-state index contributed by atoms with van der Waals surface area (Å²) in [6.45, 7) is 0.558. The Hall–Kier alpha value is -3.58. The molecule has 2 aromatic carbocycles. The van der Waals surface area contributed by atoms with Gasteiger partial charge in [0.05, 0.1) is 19.3 Å². The van der Waals surface area contributed by atoms with Crippen molar-refractivity contribution in [2.45, 2.75) is 6.54 Å². The standard InChI is InChI=1S/C21H18ClN5O2/c1-29-17-7-5-15(6-8-17)18-12-19(25-24-18)21(28)23-20-9-10-27(26-20)13-14-3-2-4-16(22)11-14/h2-12H,13H2,1H3,(H,24,25)(H,23,26,28). The van der Waals surface area contributed by atoms with Crippen LogP contribution >= 0.6 is 11.6 Å². The summed E-state index contributed by atoms with van der Waals surface area (Å²) >= 11 is 6.01. The summed E-state index contributed by atoms with van der Waals surface area (Å²) in [5, 5.41) is 14.8. The number of halogens is 1. The number of rotatable bonds is 6. The lowest BCUT2D eigenvalue weighted by molar-refractivity contribution is 0.102. The molecule has 0 bridgehead atoms. The quantitative estimate of drug-likeness (QED) is 0.500. The van der Waals surface area contributed by atoms with Crippen LogP contribution in [0.15, 0.2) is 66.9 Å². The lowest BCUT2D eigenvalue weighted by Gasteiger charge is -2.03. The molecule has 2 N–H and O–H groups in total. The maximum Gasteiger partial charge on any atom is 0.274 e. The summed E-state index contributed by atoms with van der Waals surface area (Å²) in [5.74, 6) is 0.901. The largest absolute Gasteiger partial charge is 0.497 e. The van der Waals surface area contributed by atoms with Crippen molar-refractivity contribution in [1.82, 2.24) is 20.0 Å². The predicted octanol–water partition coefficient (Wildman–Crippen LogP) is 4.24. The molecule has 4 aromatic rings. The normalized spacial score (nSPS) is 10.7. The van der Waals surface area contributed by atoms with Gasteiger partial charge in [-0.25, -0.2) is 0 Å². The van der Waals surface area contributed by atoms with Gasteiger partial charge in [0.25, 0.3) is 5.91 Å². The molecule has 0 spiro atoms. The van der Waals surface area contributed by atoms with Crippen LogP contribution in [0.3, 0.4) is 0 Å². The minimum Gasteiger partial charge on any atom is -0.497 e. The molecule has 29 heavy (non-hydrogen) atoms. The van der Waals surface area contributed by atoms with Crippen molar-refractivity contribution in [2.24, 2.45) is 0 Å². The van der Waals surface area contributed by atoms with Gasteiger partial charge in [-0.15, -0.1) is 0 Å². The number of hydrogen-bond acceptors (Lipinski definition) is 4. The number of hydrogen-bond donors (Lipinski definition) is 2. The molecule has 8 heteroatoms. The maximum absolute atomic E-state index is 12.5. The van der Waals surface area contributed by atoms with Crippen molar-refractivity contribution in [3.05, 3.63) is 83.1 Å². The van der Waals surface area contributed by atoms with E-state index in [0.29, 0.717) is 28.8 Å². The zero-order chi connectivity index (χ0) is 20.2. The lowest BCUT2D eigenvalue weighted by atomic mass is 10.1. The van der Waals surface area contributed by atoms with Crippen LogP contribution in [0.1, 0.15) is 16.1 Å². The minimum absolute atomic E-state index is 0.315. The van der Waals surface area contributed by atoms with Crippen molar-refractivity contribution in [3.63, 3.8) is 0 Å². The number of carbonyl (C=O) groups excluding carboxylic acids is 1. The topological polar surface area (TPSA) is 84.8 Å². The summed E-state index contributed by atoms with van der Waals surface area (Å²) in [7, 11) is 1.61. The molecule has 0 radical (unpaired) electrons. The highest BCUT2D eigenvalue weighted by Crippen LogP contribution is 2.21. The second kappa shape index (κ2) is 8.20. The smallest absolute Gasteiger partial charge is 0.274 e. The Bertz CT molecular complexity index is 1130. The summed E-state index contributed by atoms with van der Waals surface area (Å²) < 4.78 is 6.89. The van der Waals surface area contributed by atoms with E-state index in [1.54, 1.807) is 30.1 Å². The molecule has 0 fully saturated rings. The molecule has 0 unspecified atom stereocenters. The van der Waals surface area contributed by atoms with Gasteiger partial charge in [0.1, 0.15) is 11.4 Å². The molecule has 2 heterocycles. The highest BCUT2D eigenvalue weighted by molar-refractivity contribution is 6.30. The van der Waals surface area contributed by atoms with E-state index in [4.69, 9.17) is 16.3 Å². The highest BCUT2D eigenvalue weighted by Gasteiger charge is 2.13. The molecule has 4 rings (SSSR count). The second-order valence-electron chi connectivity index (χ2n) is 6.38. The fraction of sp³-hybridized carbons (Fsp3) is 0.0952. The molecule has 0 atom stereocenters. The third-order valence-corrected chi connectivity index (χ3v) is 4.56. The predicted molar refractivity (Wildman–Crippen MR) is 111 cm³/mol. The summed E-state index contributed by atoms with van der Waals surface area (Å²) in [6, 6.07) is 18.5. The lowest BCUT2D eigenvalue weighted by Crippen LogP contribution is -2.13. The average Bonchev–Trinajstić information content (AvgIpc) is 3.38. The van der Waals surface area contributed by atoms with Gasteiger partial charge in [0.15, 0.2) is 5.82 Å². The zero-order valence-corrected chi connectivity index (χ0v) is 16.3. The van der Waals surface area contributed by atoms with E-state index in [2.05, 4.69) is 20.6 Å². The van der Waals surface area contributed by atoms with Crippen molar-refractivity contribution in [2.75, 3.05) is 12.4 Å². The number of nitrogens with zero attached hydrogens (tertiary/aromatic N) is 3. The number of H-pyrrole nitrogens is 1. The number of amides is 1. The Morgan fingerprint density at radius 1 is 1.17 bits per heavy atom. The van der Waals surface area contributed by atoms with Gasteiger partial charge >= 0.3 is 0 Å². The van der Waals surface area contributed by atoms with Crippen molar-refractivity contribution >= 4 is 23.3 Å². The van der Waals surface area contributed by atoms with Gasteiger partial charge in [-0.3, -0.25) is 14.6 Å². The summed E-state index contributed by atoms with van der Waals surface area (Å²) in [4.78, 5) is 12.5. The molecule has 0 aliphatic carbocycles. The van der Waals surface area contributed by atoms with Crippen LogP contribution in [-0.4, -0.2) is 33.0 Å². The third kappa shape index (κ3) is 4.47. The Labute approximate surface area is 172 Å². The van der Waals surface area contributed by atoms with E-state index in [1.165, 1.54) is 0 Å². The molecule has 146 valence electrons. The van der Waals surface area contributed by atoms with Crippen LogP contribution in [0, 0.1) is 0 Å². The fourth-order valence-electron chi connectivity index (χ4n) is 2.87. The molecule has 2 aromatic heterocycles. The van der Waals surface area contributed by atoms with E-state index in [1.807, 2.05) is 48.5 Å². The minimum atomic E-state index is -0.315. The van der Waals surface area contributed by atoms with E-state index in [9.17, 15) is 4.79 Å². The molecule has 0 aliphatic rings. The van der Waals surface area contributed by atoms with Gasteiger partial charge in [-0.2, -0.15) is 10.2 Å². The number of aromatic nitrogens is 4. The Balaban J connectivity index is 1.42.